The van der Waals surface area contributed by atoms with Crippen molar-refractivity contribution < 1.29 is 14.3 Å². The van der Waals surface area contributed by atoms with Crippen LogP contribution in [-0.4, -0.2) is 12.9 Å². The van der Waals surface area contributed by atoms with E-state index >= 15 is 0 Å². The van der Waals surface area contributed by atoms with Gasteiger partial charge in [-0.3, -0.25) is 4.79 Å². The average molecular weight is 509 g/mol. The van der Waals surface area contributed by atoms with Crippen LogP contribution in [0.4, 0.5) is 0 Å². The quantitative estimate of drug-likeness (QED) is 0.169. The first-order valence-corrected chi connectivity index (χ1v) is 12.2. The Hall–Kier alpha value is -3.05. The van der Waals surface area contributed by atoms with Crippen LogP contribution in [-0.2, 0) is 13.0 Å². The molecule has 4 aromatic rings. The molecule has 172 valence electrons. The van der Waals surface area contributed by atoms with Crippen LogP contribution in [0.15, 0.2) is 84.9 Å². The molecule has 34 heavy (non-hydrogen) atoms. The fraction of sp³-hybridized carbons (Fsp3) is 0.107. The third-order valence-corrected chi connectivity index (χ3v) is 7.06. The predicted octanol–water partition coefficient (Wildman–Crippen LogP) is 8.13. The molecule has 1 heterocycles. The van der Waals surface area contributed by atoms with E-state index in [0.29, 0.717) is 21.5 Å². The third kappa shape index (κ3) is 6.09. The summed E-state index contributed by atoms with van der Waals surface area (Å²) in [6.45, 7) is 0.243. The Morgan fingerprint density at radius 3 is 2.56 bits per heavy atom. The first-order chi connectivity index (χ1) is 16.5. The summed E-state index contributed by atoms with van der Waals surface area (Å²) in [5.74, 6) is 1.16. The molecule has 0 fully saturated rings. The fourth-order valence-corrected chi connectivity index (χ4v) is 4.73. The summed E-state index contributed by atoms with van der Waals surface area (Å²) in [5.41, 5.74) is 2.92. The monoisotopic (exact) mass is 508 g/mol. The van der Waals surface area contributed by atoms with Gasteiger partial charge in [-0.25, -0.2) is 0 Å². The van der Waals surface area contributed by atoms with E-state index < -0.39 is 0 Å². The maximum Gasteiger partial charge on any atom is 0.195 e. The second kappa shape index (κ2) is 11.4. The van der Waals surface area contributed by atoms with Crippen LogP contribution < -0.4 is 9.47 Å². The fourth-order valence-electron chi connectivity index (χ4n) is 3.42. The number of hydrogen-bond donors (Lipinski definition) is 0. The maximum atomic E-state index is 12.7. The first-order valence-electron chi connectivity index (χ1n) is 10.6. The lowest BCUT2D eigenvalue weighted by molar-refractivity contribution is 0.105. The summed E-state index contributed by atoms with van der Waals surface area (Å²) in [5, 5.41) is 0.800. The Bertz CT molecular complexity index is 1310. The van der Waals surface area contributed by atoms with Crippen molar-refractivity contribution >= 4 is 46.4 Å². The van der Waals surface area contributed by atoms with E-state index in [4.69, 9.17) is 32.7 Å². The molecular formula is C28H22Cl2O3S. The van der Waals surface area contributed by atoms with Crippen LogP contribution in [0.5, 0.6) is 11.5 Å². The number of thiophene rings is 1. The molecule has 1 aromatic heterocycles. The van der Waals surface area contributed by atoms with E-state index in [9.17, 15) is 4.79 Å². The van der Waals surface area contributed by atoms with Gasteiger partial charge in [0.1, 0.15) is 23.1 Å². The summed E-state index contributed by atoms with van der Waals surface area (Å²) in [7, 11) is 1.61. The zero-order valence-electron chi connectivity index (χ0n) is 18.5. The molecule has 3 aromatic carbocycles. The Labute approximate surface area is 213 Å². The lowest BCUT2D eigenvalue weighted by Crippen LogP contribution is -2.00. The molecule has 0 atom stereocenters. The number of ether oxygens (including phenoxy) is 2. The molecule has 0 aliphatic carbocycles. The van der Waals surface area contributed by atoms with E-state index in [2.05, 4.69) is 12.1 Å². The van der Waals surface area contributed by atoms with Crippen molar-refractivity contribution in [1.29, 1.82) is 0 Å². The number of carbonyl (C=O) groups is 1. The number of benzene rings is 3. The number of carbonyl (C=O) groups excluding carboxylic acids is 1. The van der Waals surface area contributed by atoms with Gasteiger partial charge in [0.05, 0.1) is 17.0 Å². The van der Waals surface area contributed by atoms with Crippen LogP contribution >= 0.6 is 34.5 Å². The number of allylic oxidation sites excluding steroid dienone is 1. The Kier molecular flexibility index (Phi) is 8.07. The van der Waals surface area contributed by atoms with E-state index in [1.165, 1.54) is 16.9 Å². The molecule has 0 saturated heterocycles. The van der Waals surface area contributed by atoms with Gasteiger partial charge in [0.15, 0.2) is 5.78 Å². The minimum Gasteiger partial charge on any atom is -0.496 e. The van der Waals surface area contributed by atoms with Gasteiger partial charge in [0.2, 0.25) is 0 Å². The standard InChI is InChI=1S/C28H22Cl2O3S/c1-32-25-14-11-20(16-21(25)18-33-26-9-5-8-23(29)28(26)30)10-13-24(31)27-15-12-22(34-27)17-19-6-3-2-4-7-19/h2-16H,17-18H2,1H3/b13-10+. The van der Waals surface area contributed by atoms with Gasteiger partial charge in [-0.15, -0.1) is 11.3 Å². The van der Waals surface area contributed by atoms with Gasteiger partial charge in [-0.05, 0) is 53.6 Å². The van der Waals surface area contributed by atoms with Crippen LogP contribution in [0.2, 0.25) is 10.0 Å². The van der Waals surface area contributed by atoms with E-state index in [-0.39, 0.29) is 12.4 Å². The largest absolute Gasteiger partial charge is 0.496 e. The highest BCUT2D eigenvalue weighted by Gasteiger charge is 2.10. The molecule has 0 bridgehead atoms. The maximum absolute atomic E-state index is 12.7. The molecule has 0 unspecified atom stereocenters. The van der Waals surface area contributed by atoms with Crippen molar-refractivity contribution in [3.8, 4) is 11.5 Å². The molecule has 3 nitrogen and oxygen atoms in total. The number of methoxy groups -OCH3 is 1. The predicted molar refractivity (Wildman–Crippen MR) is 141 cm³/mol. The summed E-state index contributed by atoms with van der Waals surface area (Å²) < 4.78 is 11.3. The number of rotatable bonds is 9. The molecule has 0 aliphatic heterocycles. The van der Waals surface area contributed by atoms with Gasteiger partial charge in [0, 0.05) is 16.9 Å². The highest BCUT2D eigenvalue weighted by Crippen LogP contribution is 2.33. The minimum absolute atomic E-state index is 0.0244. The lowest BCUT2D eigenvalue weighted by atomic mass is 10.1. The van der Waals surface area contributed by atoms with Crippen molar-refractivity contribution in [2.75, 3.05) is 7.11 Å². The topological polar surface area (TPSA) is 35.5 Å². The summed E-state index contributed by atoms with van der Waals surface area (Å²) >= 11 is 13.8. The van der Waals surface area contributed by atoms with E-state index in [1.54, 1.807) is 37.5 Å². The Morgan fingerprint density at radius 2 is 1.76 bits per heavy atom. The van der Waals surface area contributed by atoms with Crippen molar-refractivity contribution in [3.05, 3.63) is 121 Å². The van der Waals surface area contributed by atoms with Gasteiger partial charge < -0.3 is 9.47 Å². The molecule has 0 aliphatic rings. The summed E-state index contributed by atoms with van der Waals surface area (Å²) in [6.07, 6.45) is 4.22. The number of ketones is 1. The van der Waals surface area contributed by atoms with Gasteiger partial charge in [0.25, 0.3) is 0 Å². The molecule has 0 radical (unpaired) electrons. The lowest BCUT2D eigenvalue weighted by Gasteiger charge is -2.12. The average Bonchev–Trinajstić information content (AvgIpc) is 3.32. The molecule has 0 saturated carbocycles. The second-order valence-corrected chi connectivity index (χ2v) is 9.49. The molecule has 0 amide bonds. The van der Waals surface area contributed by atoms with Crippen LogP contribution in [0.3, 0.4) is 0 Å². The highest BCUT2D eigenvalue weighted by atomic mass is 35.5. The zero-order valence-corrected chi connectivity index (χ0v) is 20.8. The van der Waals surface area contributed by atoms with Gasteiger partial charge >= 0.3 is 0 Å². The number of halogens is 2. The molecule has 6 heteroatoms. The van der Waals surface area contributed by atoms with Gasteiger partial charge in [-0.2, -0.15) is 0 Å². The van der Waals surface area contributed by atoms with Gasteiger partial charge in [-0.1, -0.05) is 71.7 Å². The van der Waals surface area contributed by atoms with Crippen LogP contribution in [0, 0.1) is 0 Å². The third-order valence-electron chi connectivity index (χ3n) is 5.16. The summed E-state index contributed by atoms with van der Waals surface area (Å²) in [4.78, 5) is 14.6. The molecule has 0 N–H and O–H groups in total. The highest BCUT2D eigenvalue weighted by molar-refractivity contribution is 7.14. The molecule has 0 spiro atoms. The van der Waals surface area contributed by atoms with Crippen LogP contribution in [0.25, 0.3) is 6.08 Å². The zero-order chi connectivity index (χ0) is 23.9. The van der Waals surface area contributed by atoms with E-state index in [1.807, 2.05) is 48.5 Å². The van der Waals surface area contributed by atoms with E-state index in [0.717, 1.165) is 27.3 Å². The molecule has 4 rings (SSSR count). The number of hydrogen-bond acceptors (Lipinski definition) is 4. The Balaban J connectivity index is 1.44. The smallest absolute Gasteiger partial charge is 0.195 e. The first kappa shape index (κ1) is 24.1. The van der Waals surface area contributed by atoms with Crippen molar-refractivity contribution in [1.82, 2.24) is 0 Å². The van der Waals surface area contributed by atoms with Crippen LogP contribution in [0.1, 0.15) is 31.2 Å². The summed E-state index contributed by atoms with van der Waals surface area (Å²) in [6, 6.07) is 25.1. The van der Waals surface area contributed by atoms with Crippen molar-refractivity contribution in [2.24, 2.45) is 0 Å². The van der Waals surface area contributed by atoms with Crippen molar-refractivity contribution in [3.63, 3.8) is 0 Å². The Morgan fingerprint density at radius 1 is 0.941 bits per heavy atom. The SMILES string of the molecule is COc1ccc(/C=C/C(=O)c2ccc(Cc3ccccc3)s2)cc1COc1cccc(Cl)c1Cl. The second-order valence-electron chi connectivity index (χ2n) is 7.54. The normalized spacial score (nSPS) is 11.0. The molecular weight excluding hydrogens is 487 g/mol. The van der Waals surface area contributed by atoms with Crippen molar-refractivity contribution in [2.45, 2.75) is 13.0 Å². The minimum atomic E-state index is -0.0244.